The summed E-state index contributed by atoms with van der Waals surface area (Å²) in [5.41, 5.74) is 0. The first-order valence-corrected chi connectivity index (χ1v) is 6.22. The molecule has 6 nitrogen and oxygen atoms in total. The normalized spacial score (nSPS) is 16.4. The van der Waals surface area contributed by atoms with Gasteiger partial charge >= 0.3 is 5.97 Å². The third-order valence-electron chi connectivity index (χ3n) is 2.87. The van der Waals surface area contributed by atoms with E-state index >= 15 is 0 Å². The van der Waals surface area contributed by atoms with E-state index in [9.17, 15) is 14.4 Å². The summed E-state index contributed by atoms with van der Waals surface area (Å²) in [7, 11) is 1.73. The van der Waals surface area contributed by atoms with Gasteiger partial charge in [-0.1, -0.05) is 0 Å². The summed E-state index contributed by atoms with van der Waals surface area (Å²) in [6, 6.07) is 0. The lowest BCUT2D eigenvalue weighted by Crippen LogP contribution is -2.38. The van der Waals surface area contributed by atoms with Gasteiger partial charge in [0.1, 0.15) is 0 Å². The van der Waals surface area contributed by atoms with E-state index < -0.39 is 0 Å². The van der Waals surface area contributed by atoms with Crippen LogP contribution in [0.25, 0.3) is 0 Å². The quantitative estimate of drug-likeness (QED) is 0.665. The Hall–Kier alpha value is -1.59. The van der Waals surface area contributed by atoms with Gasteiger partial charge in [0.05, 0.1) is 19.6 Å². The summed E-state index contributed by atoms with van der Waals surface area (Å²) in [4.78, 5) is 37.8. The smallest absolute Gasteiger partial charge is 0.306 e. The fraction of sp³-hybridized carbons (Fsp3) is 0.750. The predicted octanol–water partition coefficient (Wildman–Crippen LogP) is 0.0204. The van der Waals surface area contributed by atoms with Crippen LogP contribution in [0.15, 0.2) is 0 Å². The van der Waals surface area contributed by atoms with Crippen molar-refractivity contribution in [3.8, 4) is 0 Å². The van der Waals surface area contributed by atoms with E-state index in [0.29, 0.717) is 19.7 Å². The van der Waals surface area contributed by atoms with Crippen LogP contribution in [-0.2, 0) is 19.1 Å². The highest BCUT2D eigenvalue weighted by molar-refractivity contribution is 5.86. The van der Waals surface area contributed by atoms with Gasteiger partial charge in [-0.2, -0.15) is 0 Å². The minimum absolute atomic E-state index is 0.0583. The van der Waals surface area contributed by atoms with Gasteiger partial charge in [-0.25, -0.2) is 0 Å². The van der Waals surface area contributed by atoms with E-state index in [1.54, 1.807) is 18.9 Å². The molecule has 1 heterocycles. The number of amides is 2. The van der Waals surface area contributed by atoms with Gasteiger partial charge in [-0.3, -0.25) is 14.4 Å². The zero-order valence-electron chi connectivity index (χ0n) is 11.0. The lowest BCUT2D eigenvalue weighted by Gasteiger charge is -2.19. The fourth-order valence-electron chi connectivity index (χ4n) is 1.80. The highest BCUT2D eigenvalue weighted by atomic mass is 16.5. The summed E-state index contributed by atoms with van der Waals surface area (Å²) in [6.07, 6.45) is 0.955. The zero-order valence-corrected chi connectivity index (χ0v) is 11.0. The average Bonchev–Trinajstić information content (AvgIpc) is 2.50. The van der Waals surface area contributed by atoms with Gasteiger partial charge in [0.25, 0.3) is 0 Å². The minimum atomic E-state index is -0.371. The second-order valence-corrected chi connectivity index (χ2v) is 4.29. The molecule has 2 amide bonds. The lowest BCUT2D eigenvalue weighted by molar-refractivity contribution is -0.146. The van der Waals surface area contributed by atoms with Crippen molar-refractivity contribution in [2.24, 2.45) is 0 Å². The van der Waals surface area contributed by atoms with E-state index in [0.717, 1.165) is 6.42 Å². The third-order valence-corrected chi connectivity index (χ3v) is 2.87. The van der Waals surface area contributed by atoms with Gasteiger partial charge < -0.3 is 14.5 Å². The Bertz CT molecular complexity index is 330. The van der Waals surface area contributed by atoms with Crippen LogP contribution >= 0.6 is 0 Å². The molecule has 0 bridgehead atoms. The monoisotopic (exact) mass is 256 g/mol. The van der Waals surface area contributed by atoms with Crippen LogP contribution in [0.1, 0.15) is 26.2 Å². The number of carbonyl (C=O) groups is 3. The Labute approximate surface area is 107 Å². The number of hydrogen-bond donors (Lipinski definition) is 0. The van der Waals surface area contributed by atoms with Gasteiger partial charge in [-0.15, -0.1) is 0 Å². The summed E-state index contributed by atoms with van der Waals surface area (Å²) >= 11 is 0. The molecule has 6 heteroatoms. The molecular formula is C12H20N2O4. The Morgan fingerprint density at radius 1 is 1.28 bits per heavy atom. The largest absolute Gasteiger partial charge is 0.466 e. The standard InChI is InChI=1S/C12H20N2O4/c1-3-18-12(17)6-5-10(15)14-8-4-7-13(2)11(16)9-14/h3-9H2,1-2H3. The first-order chi connectivity index (χ1) is 8.54. The van der Waals surface area contributed by atoms with E-state index in [-0.39, 0.29) is 37.2 Å². The van der Waals surface area contributed by atoms with Crippen molar-refractivity contribution in [3.63, 3.8) is 0 Å². The van der Waals surface area contributed by atoms with Crippen LogP contribution < -0.4 is 0 Å². The van der Waals surface area contributed by atoms with E-state index in [1.165, 1.54) is 4.90 Å². The average molecular weight is 256 g/mol. The van der Waals surface area contributed by atoms with Crippen molar-refractivity contribution < 1.29 is 19.1 Å². The third kappa shape index (κ3) is 4.35. The highest BCUT2D eigenvalue weighted by Crippen LogP contribution is 2.06. The van der Waals surface area contributed by atoms with Crippen LogP contribution in [0.2, 0.25) is 0 Å². The summed E-state index contributed by atoms with van der Waals surface area (Å²) in [5, 5.41) is 0. The molecule has 0 radical (unpaired) electrons. The first kappa shape index (κ1) is 14.5. The molecule has 0 atom stereocenters. The Morgan fingerprint density at radius 2 is 2.00 bits per heavy atom. The maximum Gasteiger partial charge on any atom is 0.306 e. The molecule has 0 aromatic heterocycles. The lowest BCUT2D eigenvalue weighted by atomic mass is 10.2. The van der Waals surface area contributed by atoms with Crippen LogP contribution in [0, 0.1) is 0 Å². The maximum atomic E-state index is 11.9. The topological polar surface area (TPSA) is 66.9 Å². The van der Waals surface area contributed by atoms with Crippen molar-refractivity contribution in [2.45, 2.75) is 26.2 Å². The molecule has 0 saturated carbocycles. The molecule has 1 aliphatic heterocycles. The van der Waals surface area contributed by atoms with Crippen molar-refractivity contribution in [3.05, 3.63) is 0 Å². The van der Waals surface area contributed by atoms with Gasteiger partial charge in [-0.05, 0) is 13.3 Å². The van der Waals surface area contributed by atoms with Gasteiger partial charge in [0.2, 0.25) is 11.8 Å². The summed E-state index contributed by atoms with van der Waals surface area (Å²) < 4.78 is 4.76. The molecule has 0 unspecified atom stereocenters. The number of esters is 1. The SMILES string of the molecule is CCOC(=O)CCC(=O)N1CCCN(C)C(=O)C1. The molecule has 1 saturated heterocycles. The number of ether oxygens (including phenoxy) is 1. The molecular weight excluding hydrogens is 236 g/mol. The summed E-state index contributed by atoms with van der Waals surface area (Å²) in [5.74, 6) is -0.590. The number of likely N-dealkylation sites (N-methyl/N-ethyl adjacent to an activating group) is 1. The highest BCUT2D eigenvalue weighted by Gasteiger charge is 2.23. The van der Waals surface area contributed by atoms with Crippen LogP contribution in [-0.4, -0.2) is 60.9 Å². The van der Waals surface area contributed by atoms with E-state index in [4.69, 9.17) is 4.74 Å². The fourth-order valence-corrected chi connectivity index (χ4v) is 1.80. The van der Waals surface area contributed by atoms with Crippen molar-refractivity contribution >= 4 is 17.8 Å². The number of nitrogens with zero attached hydrogens (tertiary/aromatic N) is 2. The summed E-state index contributed by atoms with van der Waals surface area (Å²) in [6.45, 7) is 3.39. The number of rotatable bonds is 4. The minimum Gasteiger partial charge on any atom is -0.466 e. The van der Waals surface area contributed by atoms with Crippen molar-refractivity contribution in [2.75, 3.05) is 33.3 Å². The molecule has 102 valence electrons. The van der Waals surface area contributed by atoms with Gasteiger partial charge in [0.15, 0.2) is 0 Å². The molecule has 0 aliphatic carbocycles. The Balaban J connectivity index is 2.41. The molecule has 0 N–H and O–H groups in total. The number of hydrogen-bond acceptors (Lipinski definition) is 4. The maximum absolute atomic E-state index is 11.9. The van der Waals surface area contributed by atoms with Crippen LogP contribution in [0.3, 0.4) is 0 Å². The first-order valence-electron chi connectivity index (χ1n) is 6.22. The predicted molar refractivity (Wildman–Crippen MR) is 64.7 cm³/mol. The Morgan fingerprint density at radius 3 is 2.67 bits per heavy atom. The van der Waals surface area contributed by atoms with Gasteiger partial charge in [0, 0.05) is 26.6 Å². The van der Waals surface area contributed by atoms with Crippen LogP contribution in [0.5, 0.6) is 0 Å². The second kappa shape index (κ2) is 6.98. The van der Waals surface area contributed by atoms with Crippen LogP contribution in [0.4, 0.5) is 0 Å². The molecule has 1 fully saturated rings. The molecule has 1 rings (SSSR count). The molecule has 0 aromatic carbocycles. The second-order valence-electron chi connectivity index (χ2n) is 4.29. The molecule has 0 aromatic rings. The van der Waals surface area contributed by atoms with Crippen molar-refractivity contribution in [1.82, 2.24) is 9.80 Å². The molecule has 18 heavy (non-hydrogen) atoms. The van der Waals surface area contributed by atoms with E-state index in [2.05, 4.69) is 0 Å². The zero-order chi connectivity index (χ0) is 13.5. The number of carbonyl (C=O) groups excluding carboxylic acids is 3. The Kier molecular flexibility index (Phi) is 5.61. The van der Waals surface area contributed by atoms with Crippen molar-refractivity contribution in [1.29, 1.82) is 0 Å². The van der Waals surface area contributed by atoms with E-state index in [1.807, 2.05) is 0 Å². The molecule has 1 aliphatic rings. The molecule has 0 spiro atoms.